The maximum absolute atomic E-state index is 13.3. The van der Waals surface area contributed by atoms with Gasteiger partial charge in [-0.15, -0.1) is 0 Å². The van der Waals surface area contributed by atoms with Crippen molar-refractivity contribution in [1.82, 2.24) is 9.88 Å². The molecule has 19 heavy (non-hydrogen) atoms. The number of aromatic nitrogens is 1. The standard InChI is InChI=1S/C14H22FN3O/c1-5-7-10(3)18(4)14(19)12-8-11(15)9-17-13(12)16-6-2/h8-10H,5-7H2,1-4H3,(H,16,17). The molecule has 5 heteroatoms. The normalized spacial score (nSPS) is 12.1. The van der Waals surface area contributed by atoms with Crippen molar-refractivity contribution in [2.75, 3.05) is 18.9 Å². The Balaban J connectivity index is 3.00. The number of anilines is 1. The second kappa shape index (κ2) is 7.07. The van der Waals surface area contributed by atoms with Crippen LogP contribution in [0.15, 0.2) is 12.3 Å². The van der Waals surface area contributed by atoms with Crippen molar-refractivity contribution in [2.45, 2.75) is 39.7 Å². The molecule has 1 rings (SSSR count). The fourth-order valence-electron chi connectivity index (χ4n) is 1.91. The maximum atomic E-state index is 13.3. The molecule has 0 saturated carbocycles. The van der Waals surface area contributed by atoms with E-state index in [1.54, 1.807) is 11.9 Å². The molecule has 1 amide bonds. The van der Waals surface area contributed by atoms with Gasteiger partial charge in [0, 0.05) is 19.6 Å². The molecule has 1 aromatic rings. The molecule has 0 aromatic carbocycles. The summed E-state index contributed by atoms with van der Waals surface area (Å²) >= 11 is 0. The number of nitrogens with zero attached hydrogens (tertiary/aromatic N) is 2. The summed E-state index contributed by atoms with van der Waals surface area (Å²) in [4.78, 5) is 18.0. The molecule has 0 fully saturated rings. The Morgan fingerprint density at radius 1 is 1.53 bits per heavy atom. The summed E-state index contributed by atoms with van der Waals surface area (Å²) in [6.45, 7) is 6.60. The van der Waals surface area contributed by atoms with Crippen LogP contribution < -0.4 is 5.32 Å². The molecule has 1 heterocycles. The van der Waals surface area contributed by atoms with E-state index < -0.39 is 5.82 Å². The first-order chi connectivity index (χ1) is 9.01. The first-order valence-electron chi connectivity index (χ1n) is 6.67. The summed E-state index contributed by atoms with van der Waals surface area (Å²) in [7, 11) is 1.74. The number of amides is 1. The van der Waals surface area contributed by atoms with Crippen molar-refractivity contribution < 1.29 is 9.18 Å². The lowest BCUT2D eigenvalue weighted by molar-refractivity contribution is 0.0737. The van der Waals surface area contributed by atoms with Gasteiger partial charge in [0.1, 0.15) is 11.6 Å². The molecule has 0 saturated heterocycles. The summed E-state index contributed by atoms with van der Waals surface area (Å²) < 4.78 is 13.3. The molecule has 0 aliphatic rings. The zero-order chi connectivity index (χ0) is 14.4. The molecule has 1 N–H and O–H groups in total. The Bertz CT molecular complexity index is 437. The van der Waals surface area contributed by atoms with E-state index >= 15 is 0 Å². The third-order valence-corrected chi connectivity index (χ3v) is 3.12. The quantitative estimate of drug-likeness (QED) is 0.862. The Kier molecular flexibility index (Phi) is 5.73. The largest absolute Gasteiger partial charge is 0.370 e. The molecular weight excluding hydrogens is 245 g/mol. The number of rotatable bonds is 6. The fraction of sp³-hybridized carbons (Fsp3) is 0.571. The lowest BCUT2D eigenvalue weighted by atomic mass is 10.1. The molecule has 0 spiro atoms. The number of carbonyl (C=O) groups is 1. The average Bonchev–Trinajstić information content (AvgIpc) is 2.39. The highest BCUT2D eigenvalue weighted by atomic mass is 19.1. The van der Waals surface area contributed by atoms with E-state index in [4.69, 9.17) is 0 Å². The maximum Gasteiger partial charge on any atom is 0.257 e. The van der Waals surface area contributed by atoms with Crippen molar-refractivity contribution in [2.24, 2.45) is 0 Å². The van der Waals surface area contributed by atoms with Gasteiger partial charge < -0.3 is 10.2 Å². The lowest BCUT2D eigenvalue weighted by Crippen LogP contribution is -2.35. The van der Waals surface area contributed by atoms with Gasteiger partial charge in [-0.25, -0.2) is 9.37 Å². The van der Waals surface area contributed by atoms with Gasteiger partial charge in [-0.2, -0.15) is 0 Å². The van der Waals surface area contributed by atoms with E-state index in [1.165, 1.54) is 6.07 Å². The SMILES string of the molecule is CCCC(C)N(C)C(=O)c1cc(F)cnc1NCC. The zero-order valence-corrected chi connectivity index (χ0v) is 12.0. The van der Waals surface area contributed by atoms with E-state index in [-0.39, 0.29) is 17.5 Å². The lowest BCUT2D eigenvalue weighted by Gasteiger charge is -2.25. The summed E-state index contributed by atoms with van der Waals surface area (Å²) in [6, 6.07) is 1.36. The molecule has 0 bridgehead atoms. The van der Waals surface area contributed by atoms with Crippen molar-refractivity contribution in [3.63, 3.8) is 0 Å². The van der Waals surface area contributed by atoms with Crippen LogP contribution in [0, 0.1) is 5.82 Å². The van der Waals surface area contributed by atoms with Crippen LogP contribution in [0.3, 0.4) is 0 Å². The highest BCUT2D eigenvalue weighted by Gasteiger charge is 2.21. The highest BCUT2D eigenvalue weighted by molar-refractivity contribution is 5.98. The van der Waals surface area contributed by atoms with Crippen LogP contribution in [0.1, 0.15) is 44.0 Å². The predicted octanol–water partition coefficient (Wildman–Crippen LogP) is 2.91. The number of pyridine rings is 1. The van der Waals surface area contributed by atoms with Gasteiger partial charge in [0.25, 0.3) is 5.91 Å². The molecule has 4 nitrogen and oxygen atoms in total. The molecule has 0 aliphatic carbocycles. The van der Waals surface area contributed by atoms with Crippen LogP contribution in [-0.2, 0) is 0 Å². The number of carbonyl (C=O) groups excluding carboxylic acids is 1. The van der Waals surface area contributed by atoms with Crippen LogP contribution in [0.2, 0.25) is 0 Å². The van der Waals surface area contributed by atoms with Gasteiger partial charge in [0.15, 0.2) is 0 Å². The topological polar surface area (TPSA) is 45.2 Å². The van der Waals surface area contributed by atoms with E-state index in [1.807, 2.05) is 13.8 Å². The minimum Gasteiger partial charge on any atom is -0.370 e. The molecule has 0 radical (unpaired) electrons. The van der Waals surface area contributed by atoms with Crippen molar-refractivity contribution in [1.29, 1.82) is 0 Å². The summed E-state index contributed by atoms with van der Waals surface area (Å²) in [5.74, 6) is -0.269. The van der Waals surface area contributed by atoms with Crippen molar-refractivity contribution in [3.05, 3.63) is 23.6 Å². The van der Waals surface area contributed by atoms with Crippen LogP contribution in [0.5, 0.6) is 0 Å². The number of nitrogens with one attached hydrogen (secondary N) is 1. The molecule has 1 atom stereocenters. The zero-order valence-electron chi connectivity index (χ0n) is 12.0. The number of hydrogen-bond acceptors (Lipinski definition) is 3. The Morgan fingerprint density at radius 2 is 2.21 bits per heavy atom. The summed E-state index contributed by atoms with van der Waals surface area (Å²) in [6.07, 6.45) is 3.03. The second-order valence-corrected chi connectivity index (χ2v) is 4.63. The summed E-state index contributed by atoms with van der Waals surface area (Å²) in [5, 5.41) is 2.98. The smallest absolute Gasteiger partial charge is 0.257 e. The van der Waals surface area contributed by atoms with Crippen LogP contribution in [0.4, 0.5) is 10.2 Å². The van der Waals surface area contributed by atoms with E-state index in [9.17, 15) is 9.18 Å². The van der Waals surface area contributed by atoms with Gasteiger partial charge in [-0.1, -0.05) is 13.3 Å². The van der Waals surface area contributed by atoms with Gasteiger partial charge in [-0.05, 0) is 26.3 Å². The molecule has 0 aliphatic heterocycles. The fourth-order valence-corrected chi connectivity index (χ4v) is 1.91. The van der Waals surface area contributed by atoms with Crippen molar-refractivity contribution >= 4 is 11.7 Å². The third-order valence-electron chi connectivity index (χ3n) is 3.12. The second-order valence-electron chi connectivity index (χ2n) is 4.63. The van der Waals surface area contributed by atoms with E-state index in [0.29, 0.717) is 12.4 Å². The highest BCUT2D eigenvalue weighted by Crippen LogP contribution is 2.17. The van der Waals surface area contributed by atoms with Gasteiger partial charge in [0.05, 0.1) is 11.8 Å². The van der Waals surface area contributed by atoms with Crippen LogP contribution >= 0.6 is 0 Å². The minimum atomic E-state index is -0.499. The minimum absolute atomic E-state index is 0.121. The molecule has 1 aromatic heterocycles. The predicted molar refractivity (Wildman–Crippen MR) is 74.8 cm³/mol. The van der Waals surface area contributed by atoms with Gasteiger partial charge >= 0.3 is 0 Å². The van der Waals surface area contributed by atoms with Crippen LogP contribution in [0.25, 0.3) is 0 Å². The van der Waals surface area contributed by atoms with Gasteiger partial charge in [-0.3, -0.25) is 4.79 Å². The summed E-state index contributed by atoms with van der Waals surface area (Å²) in [5.41, 5.74) is 0.285. The van der Waals surface area contributed by atoms with Crippen molar-refractivity contribution in [3.8, 4) is 0 Å². The average molecular weight is 267 g/mol. The van der Waals surface area contributed by atoms with E-state index in [2.05, 4.69) is 17.2 Å². The molecular formula is C14H22FN3O. The van der Waals surface area contributed by atoms with E-state index in [0.717, 1.165) is 19.0 Å². The first kappa shape index (κ1) is 15.4. The monoisotopic (exact) mass is 267 g/mol. The van der Waals surface area contributed by atoms with Crippen LogP contribution in [-0.4, -0.2) is 35.4 Å². The molecule has 106 valence electrons. The first-order valence-corrected chi connectivity index (χ1v) is 6.67. The number of halogens is 1. The third kappa shape index (κ3) is 3.91. The molecule has 1 unspecified atom stereocenters. The number of hydrogen-bond donors (Lipinski definition) is 1. The Labute approximate surface area is 114 Å². The Morgan fingerprint density at radius 3 is 2.79 bits per heavy atom. The Hall–Kier alpha value is -1.65. The van der Waals surface area contributed by atoms with Gasteiger partial charge in [0.2, 0.25) is 0 Å².